The van der Waals surface area contributed by atoms with Gasteiger partial charge in [-0.3, -0.25) is 33.6 Å². The molecule has 9 unspecified atom stereocenters. The number of piperazine rings is 4. The average Bonchev–Trinajstić information content (AvgIpc) is 1.59. The van der Waals surface area contributed by atoms with E-state index in [0.717, 1.165) is 140 Å². The van der Waals surface area contributed by atoms with Crippen LogP contribution in [0.15, 0.2) is 176 Å². The maximum absolute atomic E-state index is 13.5. The number of hydrogen-bond acceptors (Lipinski definition) is 18. The number of nitrogens with two attached hydrogens (primary N) is 4. The lowest BCUT2D eigenvalue weighted by Crippen LogP contribution is -2.98. The number of nitrogens with zero attached hydrogens (tertiary/aromatic N) is 12. The number of oxazole rings is 4. The number of amides is 4. The molecule has 21 rings (SSSR count). The summed E-state index contributed by atoms with van der Waals surface area (Å²) in [5.74, 6) is 4.77. The Bertz CT molecular complexity index is 4950. The Morgan fingerprint density at radius 3 is 1.40 bits per heavy atom. The molecule has 0 bridgehead atoms. The number of carbonyl (C=O) groups excluding carboxylic acids is 4. The predicted molar refractivity (Wildman–Crippen MR) is 414 cm³/mol. The molecule has 13 heterocycles. The van der Waals surface area contributed by atoms with Crippen molar-refractivity contribution in [2.45, 2.75) is 171 Å². The zero-order chi connectivity index (χ0) is 78.8. The van der Waals surface area contributed by atoms with Gasteiger partial charge in [-0.05, 0) is 87.6 Å². The molecule has 0 radical (unpaired) electrons. The first kappa shape index (κ1) is 76.8. The van der Waals surface area contributed by atoms with E-state index in [0.29, 0.717) is 81.9 Å². The summed E-state index contributed by atoms with van der Waals surface area (Å²) in [6, 6.07) is 46.6. The minimum atomic E-state index is -3.53. The first-order valence-electron chi connectivity index (χ1n) is 41.5. The van der Waals surface area contributed by atoms with Crippen LogP contribution in [0.2, 0.25) is 0 Å². The fourth-order valence-corrected chi connectivity index (χ4v) is 21.1. The molecule has 0 spiro atoms. The van der Waals surface area contributed by atoms with Gasteiger partial charge in [-0.25, -0.2) is 34.6 Å². The second-order valence-electron chi connectivity index (χ2n) is 33.5. The number of aryl methyl sites for hydroxylation is 4. The van der Waals surface area contributed by atoms with Crippen LogP contribution in [-0.4, -0.2) is 210 Å². The van der Waals surface area contributed by atoms with E-state index >= 15 is 0 Å². The highest BCUT2D eigenvalue weighted by Gasteiger charge is 2.67. The molecular weight excluding hydrogens is 1470 g/mol. The van der Waals surface area contributed by atoms with E-state index in [-0.39, 0.29) is 72.4 Å². The predicted octanol–water partition coefficient (Wildman–Crippen LogP) is 5.55. The smallest absolute Gasteiger partial charge is 0.447 e. The van der Waals surface area contributed by atoms with Gasteiger partial charge >= 0.3 is 6.29 Å². The van der Waals surface area contributed by atoms with E-state index in [9.17, 15) is 28.0 Å². The van der Waals surface area contributed by atoms with Crippen LogP contribution in [0.25, 0.3) is 11.1 Å². The van der Waals surface area contributed by atoms with Crippen molar-refractivity contribution in [3.05, 3.63) is 227 Å². The van der Waals surface area contributed by atoms with Crippen LogP contribution >= 0.6 is 0 Å². The molecule has 28 heteroatoms. The van der Waals surface area contributed by atoms with Crippen LogP contribution in [0.1, 0.15) is 138 Å². The van der Waals surface area contributed by atoms with Crippen LogP contribution in [0.3, 0.4) is 0 Å². The molecule has 9 aliphatic heterocycles. The summed E-state index contributed by atoms with van der Waals surface area (Å²) in [4.78, 5) is 89.0. The number of fused-ring (bicyclic) bond motifs is 5. The zero-order valence-corrected chi connectivity index (χ0v) is 66.0. The minimum Gasteiger partial charge on any atom is -0.447 e. The van der Waals surface area contributed by atoms with Crippen LogP contribution < -0.4 is 21.3 Å². The number of carbonyl (C=O) groups is 4. The Kier molecular flexibility index (Phi) is 21.1. The number of quaternary nitrogens is 4. The third-order valence-corrected chi connectivity index (χ3v) is 27.0. The molecule has 604 valence electrons. The average molecular weight is 1570 g/mol. The van der Waals surface area contributed by atoms with Crippen molar-refractivity contribution in [2.75, 3.05) is 85.1 Å². The molecular formula is C87H106F2N16O10+4. The molecule has 9 aromatic rings. The Balaban J connectivity index is 0.000000106. The molecule has 5 aromatic carbocycles. The van der Waals surface area contributed by atoms with Gasteiger partial charge in [0.1, 0.15) is 100 Å². The summed E-state index contributed by atoms with van der Waals surface area (Å²) in [7, 11) is 0. The fraction of sp³-hybridized carbons (Fsp3) is 0.494. The van der Waals surface area contributed by atoms with Gasteiger partial charge in [-0.1, -0.05) is 153 Å². The number of ether oxygens (including phenoxy) is 2. The normalized spacial score (nSPS) is 29.0. The monoisotopic (exact) mass is 1570 g/mol. The van der Waals surface area contributed by atoms with Crippen molar-refractivity contribution < 1.29 is 76.4 Å². The van der Waals surface area contributed by atoms with Gasteiger partial charge in [0.05, 0.1) is 69.0 Å². The van der Waals surface area contributed by atoms with Gasteiger partial charge in [0.2, 0.25) is 41.3 Å². The zero-order valence-electron chi connectivity index (χ0n) is 66.0. The number of halogens is 2. The van der Waals surface area contributed by atoms with E-state index in [1.54, 1.807) is 18.8 Å². The van der Waals surface area contributed by atoms with Crippen LogP contribution in [0.4, 0.5) is 8.78 Å². The summed E-state index contributed by atoms with van der Waals surface area (Å²) in [6.45, 7) is 18.0. The highest BCUT2D eigenvalue weighted by Crippen LogP contribution is 2.52. The first-order chi connectivity index (χ1) is 55.9. The maximum Gasteiger partial charge on any atom is 0.486 e. The molecule has 9 atom stereocenters. The van der Waals surface area contributed by atoms with E-state index in [2.05, 4.69) is 125 Å². The molecule has 3 saturated carbocycles. The van der Waals surface area contributed by atoms with Crippen molar-refractivity contribution in [1.29, 1.82) is 0 Å². The third kappa shape index (κ3) is 14.0. The summed E-state index contributed by atoms with van der Waals surface area (Å²) < 4.78 is 59.8. The lowest BCUT2D eigenvalue weighted by atomic mass is 9.72. The van der Waals surface area contributed by atoms with Gasteiger partial charge in [-0.2, -0.15) is 0 Å². The quantitative estimate of drug-likeness (QED) is 0.0923. The van der Waals surface area contributed by atoms with Crippen LogP contribution in [0.5, 0.6) is 0 Å². The second kappa shape index (κ2) is 31.5. The topological polar surface area (TPSA) is 283 Å². The van der Waals surface area contributed by atoms with Gasteiger partial charge in [0, 0.05) is 49.9 Å². The molecule has 4 aromatic heterocycles. The van der Waals surface area contributed by atoms with E-state index in [1.807, 2.05) is 122 Å². The lowest BCUT2D eigenvalue weighted by molar-refractivity contribution is -0.689. The van der Waals surface area contributed by atoms with Crippen molar-refractivity contribution in [3.8, 4) is 0 Å². The number of hydrogen-bond donors (Lipinski definition) is 4. The van der Waals surface area contributed by atoms with Crippen molar-refractivity contribution in [2.24, 2.45) is 17.8 Å². The van der Waals surface area contributed by atoms with E-state index in [1.165, 1.54) is 31.2 Å². The van der Waals surface area contributed by atoms with Crippen LogP contribution in [0, 0.1) is 45.4 Å². The van der Waals surface area contributed by atoms with Crippen molar-refractivity contribution >= 4 is 34.7 Å². The van der Waals surface area contributed by atoms with Gasteiger partial charge in [0.15, 0.2) is 28.3 Å². The largest absolute Gasteiger partial charge is 0.486 e. The molecule has 4 amide bonds. The highest BCUT2D eigenvalue weighted by molar-refractivity contribution is 5.84. The Labute approximate surface area is 667 Å². The Morgan fingerprint density at radius 2 is 0.922 bits per heavy atom. The number of rotatable bonds is 16. The lowest BCUT2D eigenvalue weighted by Gasteiger charge is -2.55. The standard InChI is InChI=1S/C23H27N5O3.C23H24N4O2.C21H26N4O2.C20H25F2N3O3/c1-14-12-30-22(25-14)18-9-24-13-23(17-6-4-7-17)27(18)11-20(29)28(23)10-16-5-3-8-19-21(16)26-15(2)31-19;1-17-15-29-22(25-17)23(19-10-6-3-7-11-19)16-24-12-20-26(21(28)14-27(20)23)13-18-8-4-2-5-9-18;1-15-13-27-20(23-15)18-10-22-14-21(17-8-5-9-17)24(18)12-19(26)25(21)11-16-6-3-2-4-7-16;21-20(22)27-12-17(28-20)16-9-23-13-19(15-7-4-8-15)24(16)11-18(26)25(19)10-14-5-2-1-3-6-14/h3,5,8,12,17-18,24H,4,6-7,9-11,13H2,1-2H3;2-11,15,20,24H,12-14,16H2,1H3;2-4,6-7,13,17-18,22H,5,8-12,14H2,1H3;1-3,5-6,15-17,23H,4,7-13H2/p+4. The van der Waals surface area contributed by atoms with Crippen molar-refractivity contribution in [3.63, 3.8) is 0 Å². The molecule has 9 saturated heterocycles. The van der Waals surface area contributed by atoms with E-state index in [4.69, 9.17) is 27.4 Å². The second-order valence-corrected chi connectivity index (χ2v) is 33.5. The summed E-state index contributed by atoms with van der Waals surface area (Å²) in [5.41, 5.74) is 8.29. The van der Waals surface area contributed by atoms with Gasteiger partial charge in [0.25, 0.3) is 0 Å². The maximum atomic E-state index is 13.5. The number of alkyl halides is 2. The molecule has 26 nitrogen and oxygen atoms in total. The molecule has 12 aliphatic rings. The van der Waals surface area contributed by atoms with Crippen LogP contribution in [-0.2, 0) is 60.4 Å². The molecule has 12 fully saturated rings. The third-order valence-electron chi connectivity index (χ3n) is 27.0. The van der Waals surface area contributed by atoms with Crippen molar-refractivity contribution in [1.82, 2.24) is 59.1 Å². The Morgan fingerprint density at radius 1 is 0.461 bits per heavy atom. The molecule has 115 heavy (non-hydrogen) atoms. The number of aromatic nitrogens is 4. The summed E-state index contributed by atoms with van der Waals surface area (Å²) in [5, 5.41) is 9.14. The minimum absolute atomic E-state index is 0.00193. The Hall–Kier alpha value is -9.46. The van der Waals surface area contributed by atoms with Gasteiger partial charge < -0.3 is 58.5 Å². The SMILES string of the molecule is Cc1coc(C2(c3ccccc3)C[NH2+]CC3N(Cc4ccccc4)C(=O)CN32)n1.Cc1coc(C2C[NH2+]CC3(C4CCC4)N(Cc4cccc5oc(C)nc45)C(=O)CN23)n1.Cc1coc(C2C[NH2+]CC3(C4CCC4)N(Cc4ccccc4)C(=O)CN23)n1.O=C1CN2C(C3COC(F)(F)O3)C[NH2+]CC2(C2CCC2)N1Cc1ccccc1. The summed E-state index contributed by atoms with van der Waals surface area (Å²) in [6.07, 6.45) is 11.3. The number of benzene rings is 5. The number of para-hydroxylation sites is 1. The highest BCUT2D eigenvalue weighted by atomic mass is 19.3. The van der Waals surface area contributed by atoms with E-state index < -0.39 is 23.6 Å². The molecule has 8 N–H and O–H groups in total. The molecule has 3 aliphatic carbocycles. The summed E-state index contributed by atoms with van der Waals surface area (Å²) >= 11 is 0. The van der Waals surface area contributed by atoms with Gasteiger partial charge in [-0.15, -0.1) is 8.78 Å². The fourth-order valence-electron chi connectivity index (χ4n) is 21.1. The first-order valence-corrected chi connectivity index (χ1v) is 41.5.